The van der Waals surface area contributed by atoms with E-state index < -0.39 is 11.9 Å². The molecule has 0 aromatic carbocycles. The van der Waals surface area contributed by atoms with Crippen molar-refractivity contribution < 1.29 is 23.6 Å². The fraction of sp³-hybridized carbons (Fsp3) is 0.333. The third kappa shape index (κ3) is 4.54. The summed E-state index contributed by atoms with van der Waals surface area (Å²) in [6.45, 7) is 5.52. The van der Waals surface area contributed by atoms with E-state index >= 15 is 0 Å². The third-order valence-corrected chi connectivity index (χ3v) is 4.39. The molecule has 10 heteroatoms. The van der Waals surface area contributed by atoms with Gasteiger partial charge in [-0.1, -0.05) is 5.16 Å². The average Bonchev–Trinajstić information content (AvgIpc) is 3.15. The van der Waals surface area contributed by atoms with Crippen molar-refractivity contribution in [3.8, 4) is 0 Å². The predicted molar refractivity (Wildman–Crippen MR) is 97.3 cm³/mol. The molecule has 0 aliphatic carbocycles. The Morgan fingerprint density at radius 2 is 1.92 bits per heavy atom. The lowest BCUT2D eigenvalue weighted by atomic mass is 10.1. The van der Waals surface area contributed by atoms with E-state index in [0.29, 0.717) is 21.3 Å². The van der Waals surface area contributed by atoms with Crippen molar-refractivity contribution in [3.63, 3.8) is 0 Å². The zero-order valence-corrected chi connectivity index (χ0v) is 15.5. The van der Waals surface area contributed by atoms with Gasteiger partial charge in [-0.15, -0.1) is 11.3 Å². The van der Waals surface area contributed by atoms with Crippen LogP contribution in [0.4, 0.5) is 10.8 Å². The lowest BCUT2D eigenvalue weighted by Gasteiger charge is -2.09. The Kier molecular flexibility index (Phi) is 6.48. The summed E-state index contributed by atoms with van der Waals surface area (Å²) in [7, 11) is 0. The van der Waals surface area contributed by atoms with Gasteiger partial charge in [0.2, 0.25) is 0 Å². The maximum absolute atomic E-state index is 12.3. The number of nitrogens with one attached hydrogen (secondary N) is 2. The quantitative estimate of drug-likeness (QED) is 0.575. The smallest absolute Gasteiger partial charge is 0.348 e. The normalized spacial score (nSPS) is 10.2. The number of carbonyl (C=O) groups is 2. The van der Waals surface area contributed by atoms with Gasteiger partial charge in [-0.25, -0.2) is 9.59 Å². The molecular formula is C15H17N3O5S2. The van der Waals surface area contributed by atoms with Gasteiger partial charge in [0.05, 0.1) is 18.8 Å². The van der Waals surface area contributed by atoms with Gasteiger partial charge in [-0.3, -0.25) is 0 Å². The minimum Gasteiger partial charge on any atom is -0.462 e. The molecule has 0 bridgehead atoms. The third-order valence-electron chi connectivity index (χ3n) is 2.99. The number of ether oxygens (including phenoxy) is 2. The van der Waals surface area contributed by atoms with E-state index in [-0.39, 0.29) is 23.9 Å². The number of nitrogens with zero attached hydrogens (tertiary/aromatic N) is 1. The molecule has 0 saturated heterocycles. The first kappa shape index (κ1) is 18.9. The van der Waals surface area contributed by atoms with Crippen LogP contribution in [-0.4, -0.2) is 35.4 Å². The summed E-state index contributed by atoms with van der Waals surface area (Å²) < 4.78 is 14.8. The Morgan fingerprint density at radius 3 is 2.52 bits per heavy atom. The lowest BCUT2D eigenvalue weighted by molar-refractivity contribution is 0.0527. The van der Waals surface area contributed by atoms with Crippen LogP contribution in [0.2, 0.25) is 0 Å². The minimum absolute atomic E-state index is 0.191. The highest BCUT2D eigenvalue weighted by Crippen LogP contribution is 2.34. The molecule has 0 aliphatic heterocycles. The number of anilines is 2. The molecule has 2 aromatic heterocycles. The highest BCUT2D eigenvalue weighted by atomic mass is 32.1. The highest BCUT2D eigenvalue weighted by molar-refractivity contribution is 7.80. The van der Waals surface area contributed by atoms with Crippen LogP contribution in [0.25, 0.3) is 0 Å². The van der Waals surface area contributed by atoms with Crippen LogP contribution >= 0.6 is 23.6 Å². The molecule has 2 N–H and O–H groups in total. The van der Waals surface area contributed by atoms with Crippen molar-refractivity contribution in [3.05, 3.63) is 28.3 Å². The first-order chi connectivity index (χ1) is 12.0. The molecule has 0 spiro atoms. The van der Waals surface area contributed by atoms with Gasteiger partial charge < -0.3 is 24.6 Å². The second-order valence-electron chi connectivity index (χ2n) is 4.67. The van der Waals surface area contributed by atoms with E-state index in [1.54, 1.807) is 26.8 Å². The molecule has 0 amide bonds. The number of hydrogen-bond acceptors (Lipinski definition) is 8. The van der Waals surface area contributed by atoms with Crippen molar-refractivity contribution >= 4 is 51.4 Å². The molecule has 0 unspecified atom stereocenters. The fourth-order valence-corrected chi connectivity index (χ4v) is 3.33. The van der Waals surface area contributed by atoms with Crippen LogP contribution in [0.5, 0.6) is 0 Å². The first-order valence-corrected chi connectivity index (χ1v) is 8.66. The SMILES string of the molecule is CCOC(=O)c1sc(NC(=S)Nc2ccon2)c(C(=O)OCC)c1C. The van der Waals surface area contributed by atoms with Gasteiger partial charge in [0.25, 0.3) is 0 Å². The van der Waals surface area contributed by atoms with Crippen molar-refractivity contribution in [1.29, 1.82) is 0 Å². The molecular weight excluding hydrogens is 366 g/mol. The van der Waals surface area contributed by atoms with Crippen LogP contribution < -0.4 is 10.6 Å². The molecule has 8 nitrogen and oxygen atoms in total. The van der Waals surface area contributed by atoms with Crippen LogP contribution in [0.1, 0.15) is 39.4 Å². The Balaban J connectivity index is 2.30. The molecule has 0 fully saturated rings. The summed E-state index contributed by atoms with van der Waals surface area (Å²) in [6, 6.07) is 1.59. The molecule has 134 valence electrons. The second-order valence-corrected chi connectivity index (χ2v) is 6.09. The van der Waals surface area contributed by atoms with Crippen LogP contribution in [0.3, 0.4) is 0 Å². The number of hydrogen-bond donors (Lipinski definition) is 2. The fourth-order valence-electron chi connectivity index (χ4n) is 1.97. The van der Waals surface area contributed by atoms with Gasteiger partial charge >= 0.3 is 11.9 Å². The molecule has 0 atom stereocenters. The molecule has 0 saturated carbocycles. The van der Waals surface area contributed by atoms with E-state index in [4.69, 9.17) is 26.2 Å². The molecule has 2 heterocycles. The summed E-state index contributed by atoms with van der Waals surface area (Å²) in [5, 5.41) is 9.96. The Hall–Kier alpha value is -2.46. The summed E-state index contributed by atoms with van der Waals surface area (Å²) in [5.41, 5.74) is 0.729. The number of esters is 2. The summed E-state index contributed by atoms with van der Waals surface area (Å²) >= 11 is 6.27. The summed E-state index contributed by atoms with van der Waals surface area (Å²) in [5.74, 6) is -0.633. The van der Waals surface area contributed by atoms with Crippen LogP contribution in [-0.2, 0) is 9.47 Å². The molecule has 2 rings (SSSR count). The molecule has 2 aromatic rings. The van der Waals surface area contributed by atoms with Gasteiger partial charge in [0.15, 0.2) is 10.9 Å². The molecule has 0 aliphatic rings. The zero-order chi connectivity index (χ0) is 18.4. The lowest BCUT2D eigenvalue weighted by Crippen LogP contribution is -2.20. The summed E-state index contributed by atoms with van der Waals surface area (Å²) in [4.78, 5) is 24.7. The van der Waals surface area contributed by atoms with Crippen LogP contribution in [0.15, 0.2) is 16.9 Å². The number of aromatic nitrogens is 1. The van der Waals surface area contributed by atoms with Crippen molar-refractivity contribution in [1.82, 2.24) is 5.16 Å². The van der Waals surface area contributed by atoms with Gasteiger partial charge in [0, 0.05) is 6.07 Å². The van der Waals surface area contributed by atoms with Gasteiger partial charge in [0.1, 0.15) is 16.1 Å². The summed E-state index contributed by atoms with van der Waals surface area (Å²) in [6.07, 6.45) is 1.39. The largest absolute Gasteiger partial charge is 0.462 e. The first-order valence-electron chi connectivity index (χ1n) is 7.43. The molecule has 25 heavy (non-hydrogen) atoms. The number of thiophene rings is 1. The maximum atomic E-state index is 12.3. The number of rotatable bonds is 6. The topological polar surface area (TPSA) is 103 Å². The average molecular weight is 383 g/mol. The zero-order valence-electron chi connectivity index (χ0n) is 13.9. The van der Waals surface area contributed by atoms with Crippen molar-refractivity contribution in [2.45, 2.75) is 20.8 Å². The second kappa shape index (κ2) is 8.58. The van der Waals surface area contributed by atoms with Crippen molar-refractivity contribution in [2.75, 3.05) is 23.8 Å². The highest BCUT2D eigenvalue weighted by Gasteiger charge is 2.26. The Bertz CT molecular complexity index is 770. The van der Waals surface area contributed by atoms with Gasteiger partial charge in [-0.2, -0.15) is 0 Å². The number of thiocarbonyl (C=S) groups is 1. The maximum Gasteiger partial charge on any atom is 0.348 e. The van der Waals surface area contributed by atoms with E-state index in [9.17, 15) is 9.59 Å². The predicted octanol–water partition coefficient (Wildman–Crippen LogP) is 3.21. The van der Waals surface area contributed by atoms with Gasteiger partial charge in [-0.05, 0) is 38.6 Å². The Morgan fingerprint density at radius 1 is 1.24 bits per heavy atom. The monoisotopic (exact) mass is 383 g/mol. The van der Waals surface area contributed by atoms with Crippen molar-refractivity contribution in [2.24, 2.45) is 0 Å². The van der Waals surface area contributed by atoms with E-state index in [0.717, 1.165) is 11.3 Å². The van der Waals surface area contributed by atoms with E-state index in [1.165, 1.54) is 6.26 Å². The van der Waals surface area contributed by atoms with E-state index in [1.807, 2.05) is 0 Å². The molecule has 0 radical (unpaired) electrons. The minimum atomic E-state index is -0.543. The van der Waals surface area contributed by atoms with Crippen LogP contribution in [0, 0.1) is 6.92 Å². The Labute approximate surface area is 153 Å². The standard InChI is InChI=1S/C15H17N3O5S2/c1-4-21-13(19)10-8(3)11(14(20)22-5-2)25-12(10)17-15(24)16-9-6-7-23-18-9/h6-7H,4-5H2,1-3H3,(H2,16,17,18,24). The van der Waals surface area contributed by atoms with E-state index in [2.05, 4.69) is 15.8 Å². The number of carbonyl (C=O) groups excluding carboxylic acids is 2.